The van der Waals surface area contributed by atoms with Gasteiger partial charge in [-0.25, -0.2) is 0 Å². The van der Waals surface area contributed by atoms with Gasteiger partial charge in [0.2, 0.25) is 0 Å². The van der Waals surface area contributed by atoms with Crippen LogP contribution in [0.4, 0.5) is 0 Å². The summed E-state index contributed by atoms with van der Waals surface area (Å²) in [5.74, 6) is 0.0232. The van der Waals surface area contributed by atoms with Gasteiger partial charge in [0.1, 0.15) is 11.3 Å². The summed E-state index contributed by atoms with van der Waals surface area (Å²) in [6.07, 6.45) is 3.95. The Balaban J connectivity index is 1.39. The Hall–Kier alpha value is -1.41. The molecule has 3 aliphatic heterocycles. The minimum atomic E-state index is -0.365. The van der Waals surface area contributed by atoms with Crippen molar-refractivity contribution in [1.29, 1.82) is 0 Å². The van der Waals surface area contributed by atoms with Crippen LogP contribution in [0.25, 0.3) is 0 Å². The van der Waals surface area contributed by atoms with Crippen LogP contribution in [0.15, 0.2) is 18.3 Å². The van der Waals surface area contributed by atoms with Gasteiger partial charge in [0, 0.05) is 32.4 Å². The molecule has 0 saturated carbocycles. The van der Waals surface area contributed by atoms with Crippen LogP contribution in [0.1, 0.15) is 23.3 Å². The van der Waals surface area contributed by atoms with Gasteiger partial charge >= 0.3 is 0 Å². The van der Waals surface area contributed by atoms with Crippen molar-refractivity contribution < 1.29 is 19.0 Å². The van der Waals surface area contributed by atoms with E-state index in [9.17, 15) is 4.79 Å². The summed E-state index contributed by atoms with van der Waals surface area (Å²) in [4.78, 5) is 20.0. The van der Waals surface area contributed by atoms with E-state index in [0.29, 0.717) is 32.0 Å². The summed E-state index contributed by atoms with van der Waals surface area (Å²) in [5, 5.41) is 0. The predicted octanol–water partition coefficient (Wildman–Crippen LogP) is 0.737. The first-order valence-corrected chi connectivity index (χ1v) is 9.22. The van der Waals surface area contributed by atoms with E-state index in [1.165, 1.54) is 0 Å². The number of amides is 1. The minimum Gasteiger partial charge on any atom is -0.379 e. The van der Waals surface area contributed by atoms with Gasteiger partial charge in [0.25, 0.3) is 5.91 Å². The van der Waals surface area contributed by atoms with Crippen LogP contribution in [0.2, 0.25) is 0 Å². The lowest BCUT2D eigenvalue weighted by atomic mass is 10.00. The molecule has 1 amide bonds. The van der Waals surface area contributed by atoms with Crippen molar-refractivity contribution in [2.24, 2.45) is 0 Å². The summed E-state index contributed by atoms with van der Waals surface area (Å²) in [6.45, 7) is 6.84. The average Bonchev–Trinajstić information content (AvgIpc) is 3.24. The van der Waals surface area contributed by atoms with Crippen LogP contribution in [0.5, 0.6) is 0 Å². The molecule has 0 unspecified atom stereocenters. The van der Waals surface area contributed by atoms with E-state index >= 15 is 0 Å². The monoisotopic (exact) mass is 349 g/mol. The van der Waals surface area contributed by atoms with E-state index in [2.05, 4.69) is 9.88 Å². The maximum absolute atomic E-state index is 12.7. The fourth-order valence-electron chi connectivity index (χ4n) is 4.03. The van der Waals surface area contributed by atoms with Crippen LogP contribution < -0.4 is 0 Å². The number of hydrogen-bond acceptors (Lipinski definition) is 5. The zero-order valence-electron chi connectivity index (χ0n) is 14.6. The van der Waals surface area contributed by atoms with Gasteiger partial charge in [-0.2, -0.15) is 0 Å². The van der Waals surface area contributed by atoms with E-state index in [0.717, 1.165) is 45.7 Å². The predicted molar refractivity (Wildman–Crippen MR) is 91.6 cm³/mol. The lowest BCUT2D eigenvalue weighted by molar-refractivity contribution is -0.0945. The van der Waals surface area contributed by atoms with Crippen LogP contribution >= 0.6 is 0 Å². The van der Waals surface area contributed by atoms with Crippen LogP contribution in [0, 0.1) is 0 Å². The summed E-state index contributed by atoms with van der Waals surface area (Å²) >= 11 is 0. The summed E-state index contributed by atoms with van der Waals surface area (Å²) in [5.41, 5.74) is 0.260. The molecule has 4 heterocycles. The molecule has 0 bridgehead atoms. The lowest BCUT2D eigenvalue weighted by Crippen LogP contribution is -2.48. The maximum Gasteiger partial charge on any atom is 0.270 e. The molecule has 138 valence electrons. The normalized spacial score (nSPS) is 31.4. The van der Waals surface area contributed by atoms with Crippen LogP contribution in [-0.2, 0) is 14.2 Å². The van der Waals surface area contributed by atoms with Gasteiger partial charge in [-0.15, -0.1) is 0 Å². The minimum absolute atomic E-state index is 0.0232. The van der Waals surface area contributed by atoms with Crippen molar-refractivity contribution in [1.82, 2.24) is 14.8 Å². The molecule has 0 aliphatic carbocycles. The van der Waals surface area contributed by atoms with Crippen molar-refractivity contribution >= 4 is 5.91 Å². The molecule has 2 atom stereocenters. The van der Waals surface area contributed by atoms with E-state index < -0.39 is 0 Å². The third-order valence-corrected chi connectivity index (χ3v) is 5.37. The number of carbonyl (C=O) groups is 1. The van der Waals surface area contributed by atoms with E-state index in [4.69, 9.17) is 14.2 Å². The Morgan fingerprint density at radius 3 is 2.88 bits per heavy atom. The number of aromatic nitrogens is 1. The molecule has 1 aromatic rings. The van der Waals surface area contributed by atoms with Gasteiger partial charge < -0.3 is 24.1 Å². The van der Waals surface area contributed by atoms with Gasteiger partial charge in [0.05, 0.1) is 39.1 Å². The number of H-pyrrole nitrogens is 1. The van der Waals surface area contributed by atoms with Crippen LogP contribution in [-0.4, -0.2) is 91.5 Å². The fourth-order valence-corrected chi connectivity index (χ4v) is 4.03. The topological polar surface area (TPSA) is 67.0 Å². The highest BCUT2D eigenvalue weighted by Crippen LogP contribution is 2.33. The highest BCUT2D eigenvalue weighted by atomic mass is 16.6. The summed E-state index contributed by atoms with van der Waals surface area (Å²) in [6, 6.07) is 3.67. The SMILES string of the molecule is O=C(c1ccc[nH]1)N1CCOC[C@]2(CC[C@H](CN3CCOCC3)O2)C1. The molecule has 1 N–H and O–H groups in total. The maximum atomic E-state index is 12.7. The third-order valence-electron chi connectivity index (χ3n) is 5.37. The number of rotatable bonds is 3. The summed E-state index contributed by atoms with van der Waals surface area (Å²) in [7, 11) is 0. The number of nitrogens with zero attached hydrogens (tertiary/aromatic N) is 2. The molecule has 0 radical (unpaired) electrons. The molecule has 3 aliphatic rings. The van der Waals surface area contributed by atoms with Gasteiger partial charge in [-0.1, -0.05) is 0 Å². The van der Waals surface area contributed by atoms with E-state index in [1.807, 2.05) is 17.0 Å². The van der Waals surface area contributed by atoms with Crippen molar-refractivity contribution in [3.8, 4) is 0 Å². The van der Waals surface area contributed by atoms with Crippen molar-refractivity contribution in [2.75, 3.05) is 59.2 Å². The number of ether oxygens (including phenoxy) is 3. The second-order valence-electron chi connectivity index (χ2n) is 7.24. The van der Waals surface area contributed by atoms with Gasteiger partial charge in [0.15, 0.2) is 0 Å². The number of aromatic amines is 1. The molecule has 1 aromatic heterocycles. The van der Waals surface area contributed by atoms with Crippen molar-refractivity contribution in [3.63, 3.8) is 0 Å². The van der Waals surface area contributed by atoms with Gasteiger partial charge in [-0.3, -0.25) is 9.69 Å². The number of carbonyl (C=O) groups excluding carboxylic acids is 1. The number of morpholine rings is 1. The van der Waals surface area contributed by atoms with Crippen molar-refractivity contribution in [2.45, 2.75) is 24.5 Å². The Labute approximate surface area is 148 Å². The quantitative estimate of drug-likeness (QED) is 0.872. The largest absolute Gasteiger partial charge is 0.379 e. The van der Waals surface area contributed by atoms with E-state index in [-0.39, 0.29) is 17.6 Å². The Bertz CT molecular complexity index is 573. The molecule has 4 rings (SSSR count). The van der Waals surface area contributed by atoms with E-state index in [1.54, 1.807) is 6.20 Å². The molecule has 0 aromatic carbocycles. The number of hydrogen-bond donors (Lipinski definition) is 1. The first-order valence-electron chi connectivity index (χ1n) is 9.22. The third kappa shape index (κ3) is 3.89. The zero-order chi connectivity index (χ0) is 17.1. The first kappa shape index (κ1) is 17.0. The molecule has 3 fully saturated rings. The molecule has 3 saturated heterocycles. The molecular weight excluding hydrogens is 322 g/mol. The first-order chi connectivity index (χ1) is 12.2. The molecule has 7 nitrogen and oxygen atoms in total. The molecule has 1 spiro atoms. The highest BCUT2D eigenvalue weighted by molar-refractivity contribution is 5.92. The smallest absolute Gasteiger partial charge is 0.270 e. The van der Waals surface area contributed by atoms with Crippen molar-refractivity contribution in [3.05, 3.63) is 24.0 Å². The lowest BCUT2D eigenvalue weighted by Gasteiger charge is -2.33. The Morgan fingerprint density at radius 1 is 1.24 bits per heavy atom. The van der Waals surface area contributed by atoms with Gasteiger partial charge in [-0.05, 0) is 25.0 Å². The molecular formula is C18H27N3O4. The molecule has 7 heteroatoms. The zero-order valence-corrected chi connectivity index (χ0v) is 14.6. The van der Waals surface area contributed by atoms with Crippen LogP contribution in [0.3, 0.4) is 0 Å². The highest BCUT2D eigenvalue weighted by Gasteiger charge is 2.44. The fraction of sp³-hybridized carbons (Fsp3) is 0.722. The summed E-state index contributed by atoms with van der Waals surface area (Å²) < 4.78 is 17.7. The second-order valence-corrected chi connectivity index (χ2v) is 7.24. The standard InChI is InChI=1S/C18H27N3O4/c22-17(16-2-1-5-19-16)21-8-11-24-14-18(13-21)4-3-15(25-18)12-20-6-9-23-10-7-20/h1-2,5,15,19H,3-4,6-14H2/t15-,18+/m1/s1. The second kappa shape index (κ2) is 7.45. The Morgan fingerprint density at radius 2 is 2.08 bits per heavy atom. The number of nitrogens with one attached hydrogen (secondary N) is 1. The molecule has 25 heavy (non-hydrogen) atoms. The Kier molecular flexibility index (Phi) is 5.08. The average molecular weight is 349 g/mol.